The number of aliphatic carboxylic acids is 1. The molecule has 0 fully saturated rings. The van der Waals surface area contributed by atoms with Gasteiger partial charge in [-0.1, -0.05) is 25.6 Å². The molecule has 1 aromatic rings. The van der Waals surface area contributed by atoms with Crippen LogP contribution in [0.25, 0.3) is 0 Å². The predicted molar refractivity (Wildman–Crippen MR) is 61.5 cm³/mol. The average molecular weight is 244 g/mol. The van der Waals surface area contributed by atoms with Gasteiger partial charge in [-0.25, -0.2) is 4.98 Å². The molecule has 90 valence electrons. The summed E-state index contributed by atoms with van der Waals surface area (Å²) < 4.78 is 5.04. The van der Waals surface area contributed by atoms with Crippen molar-refractivity contribution in [1.82, 2.24) is 10.3 Å². The molecule has 0 aromatic carbocycles. The number of carboxylic acid groups (broad SMARTS) is 1. The fourth-order valence-corrected chi connectivity index (χ4v) is 2.01. The minimum absolute atomic E-state index is 0.160. The zero-order valence-electron chi connectivity index (χ0n) is 9.34. The number of carbonyl (C=O) groups is 1. The highest BCUT2D eigenvalue weighted by Crippen LogP contribution is 2.16. The summed E-state index contributed by atoms with van der Waals surface area (Å²) in [6.07, 6.45) is 3.62. The maximum absolute atomic E-state index is 10.9. The SMILES string of the molecule is CC(C)NC(CCSc1ncco1)C(=O)O. The van der Waals surface area contributed by atoms with Crippen molar-refractivity contribution in [2.24, 2.45) is 0 Å². The number of hydrogen-bond donors (Lipinski definition) is 2. The van der Waals surface area contributed by atoms with Gasteiger partial charge >= 0.3 is 5.97 Å². The van der Waals surface area contributed by atoms with Crippen LogP contribution < -0.4 is 5.32 Å². The van der Waals surface area contributed by atoms with Crippen molar-refractivity contribution in [3.8, 4) is 0 Å². The molecule has 5 nitrogen and oxygen atoms in total. The fourth-order valence-electron chi connectivity index (χ4n) is 1.23. The Morgan fingerprint density at radius 2 is 2.44 bits per heavy atom. The second-order valence-electron chi connectivity index (χ2n) is 3.65. The second-order valence-corrected chi connectivity index (χ2v) is 4.69. The number of oxazole rings is 1. The van der Waals surface area contributed by atoms with Crippen molar-refractivity contribution in [1.29, 1.82) is 0 Å². The van der Waals surface area contributed by atoms with Crippen LogP contribution in [0.2, 0.25) is 0 Å². The average Bonchev–Trinajstić information content (AvgIpc) is 2.68. The Kier molecular flexibility index (Phi) is 5.34. The molecule has 1 rings (SSSR count). The number of carboxylic acids is 1. The van der Waals surface area contributed by atoms with Crippen molar-refractivity contribution in [2.45, 2.75) is 37.6 Å². The molecule has 1 heterocycles. The normalized spacial score (nSPS) is 12.9. The van der Waals surface area contributed by atoms with E-state index in [1.54, 1.807) is 6.20 Å². The van der Waals surface area contributed by atoms with E-state index in [2.05, 4.69) is 10.3 Å². The van der Waals surface area contributed by atoms with Gasteiger partial charge < -0.3 is 14.8 Å². The van der Waals surface area contributed by atoms with Crippen LogP contribution in [0.4, 0.5) is 0 Å². The van der Waals surface area contributed by atoms with E-state index in [1.165, 1.54) is 18.0 Å². The molecule has 1 aromatic heterocycles. The van der Waals surface area contributed by atoms with Crippen LogP contribution in [0.5, 0.6) is 0 Å². The first-order valence-electron chi connectivity index (χ1n) is 5.10. The van der Waals surface area contributed by atoms with Gasteiger partial charge in [0.15, 0.2) is 0 Å². The van der Waals surface area contributed by atoms with Gasteiger partial charge in [-0.05, 0) is 6.42 Å². The standard InChI is InChI=1S/C10H16N2O3S/c1-7(2)12-8(9(13)14)3-6-16-10-11-4-5-15-10/h4-5,7-8,12H,3,6H2,1-2H3,(H,13,14). The zero-order chi connectivity index (χ0) is 12.0. The Hall–Kier alpha value is -1.01. The molecule has 0 aliphatic heterocycles. The Morgan fingerprint density at radius 1 is 1.69 bits per heavy atom. The number of hydrogen-bond acceptors (Lipinski definition) is 5. The summed E-state index contributed by atoms with van der Waals surface area (Å²) in [5.74, 6) is -0.154. The molecule has 6 heteroatoms. The molecule has 0 spiro atoms. The maximum atomic E-state index is 10.9. The van der Waals surface area contributed by atoms with Crippen LogP contribution in [-0.2, 0) is 4.79 Å². The third-order valence-corrected chi connectivity index (χ3v) is 2.76. The zero-order valence-corrected chi connectivity index (χ0v) is 10.2. The highest BCUT2D eigenvalue weighted by atomic mass is 32.2. The van der Waals surface area contributed by atoms with Gasteiger partial charge in [-0.2, -0.15) is 0 Å². The Labute approximate surface area is 98.6 Å². The number of aromatic nitrogens is 1. The van der Waals surface area contributed by atoms with Crippen molar-refractivity contribution in [3.63, 3.8) is 0 Å². The molecule has 2 N–H and O–H groups in total. The van der Waals surface area contributed by atoms with Crippen LogP contribution in [0.15, 0.2) is 22.1 Å². The minimum Gasteiger partial charge on any atom is -0.480 e. The lowest BCUT2D eigenvalue weighted by molar-refractivity contribution is -0.139. The van der Waals surface area contributed by atoms with Crippen molar-refractivity contribution in [3.05, 3.63) is 12.5 Å². The summed E-state index contributed by atoms with van der Waals surface area (Å²) in [4.78, 5) is 14.9. The fraction of sp³-hybridized carbons (Fsp3) is 0.600. The van der Waals surface area contributed by atoms with Gasteiger partial charge in [0.2, 0.25) is 0 Å². The first-order chi connectivity index (χ1) is 7.59. The topological polar surface area (TPSA) is 75.4 Å². The van der Waals surface area contributed by atoms with Crippen LogP contribution >= 0.6 is 11.8 Å². The van der Waals surface area contributed by atoms with Gasteiger partial charge in [0, 0.05) is 11.8 Å². The van der Waals surface area contributed by atoms with Gasteiger partial charge in [0.1, 0.15) is 12.3 Å². The lowest BCUT2D eigenvalue weighted by atomic mass is 10.2. The molecule has 0 bridgehead atoms. The van der Waals surface area contributed by atoms with E-state index < -0.39 is 12.0 Å². The Balaban J connectivity index is 2.30. The lowest BCUT2D eigenvalue weighted by Crippen LogP contribution is -2.41. The molecule has 0 amide bonds. The van der Waals surface area contributed by atoms with Crippen molar-refractivity contribution < 1.29 is 14.3 Å². The summed E-state index contributed by atoms with van der Waals surface area (Å²) in [5, 5.41) is 12.5. The van der Waals surface area contributed by atoms with Crippen LogP contribution in [0, 0.1) is 0 Å². The number of thioether (sulfide) groups is 1. The van der Waals surface area contributed by atoms with E-state index in [0.717, 1.165) is 0 Å². The highest BCUT2D eigenvalue weighted by Gasteiger charge is 2.17. The first kappa shape index (κ1) is 13.1. The quantitative estimate of drug-likeness (QED) is 0.710. The van der Waals surface area contributed by atoms with E-state index >= 15 is 0 Å². The Bertz CT molecular complexity index is 314. The highest BCUT2D eigenvalue weighted by molar-refractivity contribution is 7.99. The number of nitrogens with one attached hydrogen (secondary N) is 1. The van der Waals surface area contributed by atoms with Gasteiger partial charge in [-0.15, -0.1) is 0 Å². The predicted octanol–water partition coefficient (Wildman–Crippen LogP) is 1.61. The molecular formula is C10H16N2O3S. The molecule has 0 radical (unpaired) electrons. The van der Waals surface area contributed by atoms with Crippen LogP contribution in [0.1, 0.15) is 20.3 Å². The minimum atomic E-state index is -0.818. The summed E-state index contributed by atoms with van der Waals surface area (Å²) in [6.45, 7) is 3.86. The van der Waals surface area contributed by atoms with E-state index in [9.17, 15) is 4.79 Å². The largest absolute Gasteiger partial charge is 0.480 e. The Morgan fingerprint density at radius 3 is 2.94 bits per heavy atom. The molecule has 0 aliphatic rings. The smallest absolute Gasteiger partial charge is 0.320 e. The van der Waals surface area contributed by atoms with Crippen LogP contribution in [0.3, 0.4) is 0 Å². The summed E-state index contributed by atoms with van der Waals surface area (Å²) in [6, 6.07) is -0.352. The summed E-state index contributed by atoms with van der Waals surface area (Å²) in [5.41, 5.74) is 0. The van der Waals surface area contributed by atoms with Gasteiger partial charge in [0.25, 0.3) is 5.22 Å². The van der Waals surface area contributed by atoms with E-state index in [0.29, 0.717) is 17.4 Å². The van der Waals surface area contributed by atoms with Gasteiger partial charge in [-0.3, -0.25) is 4.79 Å². The third kappa shape index (κ3) is 4.67. The summed E-state index contributed by atoms with van der Waals surface area (Å²) in [7, 11) is 0. The van der Waals surface area contributed by atoms with E-state index in [-0.39, 0.29) is 6.04 Å². The summed E-state index contributed by atoms with van der Waals surface area (Å²) >= 11 is 1.42. The van der Waals surface area contributed by atoms with Crippen LogP contribution in [-0.4, -0.2) is 33.9 Å². The van der Waals surface area contributed by atoms with E-state index in [1.807, 2.05) is 13.8 Å². The third-order valence-electron chi connectivity index (χ3n) is 1.87. The molecular weight excluding hydrogens is 228 g/mol. The van der Waals surface area contributed by atoms with Crippen molar-refractivity contribution >= 4 is 17.7 Å². The lowest BCUT2D eigenvalue weighted by Gasteiger charge is -2.16. The number of nitrogens with zero attached hydrogens (tertiary/aromatic N) is 1. The van der Waals surface area contributed by atoms with Gasteiger partial charge in [0.05, 0.1) is 6.20 Å². The molecule has 1 unspecified atom stereocenters. The monoisotopic (exact) mass is 244 g/mol. The van der Waals surface area contributed by atoms with Crippen molar-refractivity contribution in [2.75, 3.05) is 5.75 Å². The molecule has 0 saturated carbocycles. The molecule has 1 atom stereocenters. The maximum Gasteiger partial charge on any atom is 0.320 e. The first-order valence-corrected chi connectivity index (χ1v) is 6.09. The molecule has 0 saturated heterocycles. The number of rotatable bonds is 7. The molecule has 0 aliphatic carbocycles. The van der Waals surface area contributed by atoms with E-state index in [4.69, 9.17) is 9.52 Å². The second kappa shape index (κ2) is 6.55. The molecule has 16 heavy (non-hydrogen) atoms.